The van der Waals surface area contributed by atoms with Crippen LogP contribution in [0.25, 0.3) is 0 Å². The Morgan fingerprint density at radius 1 is 1.15 bits per heavy atom. The fourth-order valence-electron chi connectivity index (χ4n) is 3.20. The van der Waals surface area contributed by atoms with Crippen molar-refractivity contribution in [1.82, 2.24) is 4.90 Å². The van der Waals surface area contributed by atoms with Gasteiger partial charge in [-0.05, 0) is 75.4 Å². The number of carbonyl (C=O) groups excluding carboxylic acids is 1. The van der Waals surface area contributed by atoms with E-state index in [-0.39, 0.29) is 24.1 Å². The molecule has 0 atom stereocenters. The highest BCUT2D eigenvalue weighted by Crippen LogP contribution is 2.24. The van der Waals surface area contributed by atoms with Gasteiger partial charge in [-0.3, -0.25) is 4.79 Å². The third-order valence-electron chi connectivity index (χ3n) is 4.85. The molecule has 0 saturated carbocycles. The van der Waals surface area contributed by atoms with Crippen LogP contribution in [0.4, 0.5) is 15.8 Å². The molecule has 4 nitrogen and oxygen atoms in total. The molecule has 1 aliphatic rings. The van der Waals surface area contributed by atoms with Crippen LogP contribution in [0.2, 0.25) is 0 Å². The van der Waals surface area contributed by atoms with E-state index in [9.17, 15) is 9.18 Å². The van der Waals surface area contributed by atoms with E-state index < -0.39 is 0 Å². The molecule has 1 fully saturated rings. The van der Waals surface area contributed by atoms with Crippen molar-refractivity contribution in [3.05, 3.63) is 59.9 Å². The van der Waals surface area contributed by atoms with E-state index in [0.717, 1.165) is 37.3 Å². The third kappa shape index (κ3) is 4.96. The standard InChI is InChI=1S/C20H24FN3O.ClH/c1-23-12-10-18(11-13-23)24(2)19-5-3-4-17(14-19)22-20(25)15-6-8-16(21)9-7-15;/h3-9,14,18H,10-13H2,1-2H3,(H,22,25);1H. The van der Waals surface area contributed by atoms with Crippen molar-refractivity contribution in [2.75, 3.05) is 37.4 Å². The van der Waals surface area contributed by atoms with Gasteiger partial charge in [0.1, 0.15) is 5.82 Å². The first-order valence-electron chi connectivity index (χ1n) is 8.61. The second kappa shape index (κ2) is 9.01. The fraction of sp³-hybridized carbons (Fsp3) is 0.350. The van der Waals surface area contributed by atoms with Gasteiger partial charge in [0.2, 0.25) is 0 Å². The molecular formula is C20H25ClFN3O. The first kappa shape index (κ1) is 20.2. The molecule has 1 N–H and O–H groups in total. The number of amides is 1. The van der Waals surface area contributed by atoms with Crippen LogP contribution < -0.4 is 10.2 Å². The van der Waals surface area contributed by atoms with Crippen LogP contribution in [0.3, 0.4) is 0 Å². The van der Waals surface area contributed by atoms with Crippen LogP contribution in [-0.4, -0.2) is 44.0 Å². The van der Waals surface area contributed by atoms with Gasteiger partial charge >= 0.3 is 0 Å². The number of anilines is 2. The lowest BCUT2D eigenvalue weighted by molar-refractivity contribution is 0.102. The van der Waals surface area contributed by atoms with E-state index in [1.807, 2.05) is 18.2 Å². The summed E-state index contributed by atoms with van der Waals surface area (Å²) in [6.07, 6.45) is 2.28. The van der Waals surface area contributed by atoms with Crippen LogP contribution in [0, 0.1) is 5.82 Å². The monoisotopic (exact) mass is 377 g/mol. The maximum absolute atomic E-state index is 13.0. The number of piperidine rings is 1. The minimum absolute atomic E-state index is 0. The summed E-state index contributed by atoms with van der Waals surface area (Å²) in [6, 6.07) is 13.9. The van der Waals surface area contributed by atoms with Crippen molar-refractivity contribution in [3.63, 3.8) is 0 Å². The van der Waals surface area contributed by atoms with Crippen LogP contribution in [-0.2, 0) is 0 Å². The summed E-state index contributed by atoms with van der Waals surface area (Å²) >= 11 is 0. The summed E-state index contributed by atoms with van der Waals surface area (Å²) in [7, 11) is 4.26. The molecule has 0 aromatic heterocycles. The number of halogens is 2. The fourth-order valence-corrected chi connectivity index (χ4v) is 3.20. The molecule has 0 bridgehead atoms. The molecule has 0 unspecified atom stereocenters. The van der Waals surface area contributed by atoms with E-state index >= 15 is 0 Å². The van der Waals surface area contributed by atoms with Gasteiger partial charge in [-0.1, -0.05) is 6.07 Å². The average Bonchev–Trinajstić information content (AvgIpc) is 2.62. The Hall–Kier alpha value is -2.11. The first-order valence-corrected chi connectivity index (χ1v) is 8.61. The van der Waals surface area contributed by atoms with E-state index in [2.05, 4.69) is 35.3 Å². The molecule has 0 radical (unpaired) electrons. The molecule has 1 amide bonds. The lowest BCUT2D eigenvalue weighted by Gasteiger charge is -2.36. The Bertz CT molecular complexity index is 730. The molecule has 2 aromatic carbocycles. The highest BCUT2D eigenvalue weighted by Gasteiger charge is 2.21. The van der Waals surface area contributed by atoms with Gasteiger partial charge in [0, 0.05) is 30.0 Å². The maximum Gasteiger partial charge on any atom is 0.255 e. The molecule has 2 aromatic rings. The van der Waals surface area contributed by atoms with Gasteiger partial charge in [0.05, 0.1) is 0 Å². The molecule has 1 saturated heterocycles. The Labute approximate surface area is 160 Å². The number of hydrogen-bond acceptors (Lipinski definition) is 3. The topological polar surface area (TPSA) is 35.6 Å². The molecule has 1 heterocycles. The van der Waals surface area contributed by atoms with E-state index in [1.54, 1.807) is 0 Å². The van der Waals surface area contributed by atoms with E-state index in [4.69, 9.17) is 0 Å². The molecular weight excluding hydrogens is 353 g/mol. The Morgan fingerprint density at radius 2 is 1.81 bits per heavy atom. The summed E-state index contributed by atoms with van der Waals surface area (Å²) in [5, 5.41) is 2.89. The minimum atomic E-state index is -0.349. The minimum Gasteiger partial charge on any atom is -0.371 e. The molecule has 26 heavy (non-hydrogen) atoms. The summed E-state index contributed by atoms with van der Waals surface area (Å²) in [5.74, 6) is -0.586. The van der Waals surface area contributed by atoms with Gasteiger partial charge in [-0.2, -0.15) is 0 Å². The zero-order valence-corrected chi connectivity index (χ0v) is 15.9. The highest BCUT2D eigenvalue weighted by molar-refractivity contribution is 6.04. The normalized spacial score (nSPS) is 15.2. The van der Waals surface area contributed by atoms with Crippen molar-refractivity contribution in [1.29, 1.82) is 0 Å². The number of likely N-dealkylation sites (tertiary alicyclic amines) is 1. The Morgan fingerprint density at radius 3 is 2.46 bits per heavy atom. The van der Waals surface area contributed by atoms with Gasteiger partial charge in [-0.15, -0.1) is 12.4 Å². The third-order valence-corrected chi connectivity index (χ3v) is 4.85. The van der Waals surface area contributed by atoms with Crippen molar-refractivity contribution in [2.45, 2.75) is 18.9 Å². The number of nitrogens with one attached hydrogen (secondary N) is 1. The second-order valence-electron chi connectivity index (χ2n) is 6.66. The Kier molecular flexibility index (Phi) is 7.00. The first-order chi connectivity index (χ1) is 12.0. The SMILES string of the molecule is CN1CCC(N(C)c2cccc(NC(=O)c3ccc(F)cc3)c2)CC1.Cl. The quantitative estimate of drug-likeness (QED) is 0.873. The van der Waals surface area contributed by atoms with Crippen LogP contribution in [0.15, 0.2) is 48.5 Å². The van der Waals surface area contributed by atoms with Gasteiger partial charge in [0.15, 0.2) is 0 Å². The summed E-state index contributed by atoms with van der Waals surface area (Å²) in [6.45, 7) is 2.21. The zero-order chi connectivity index (χ0) is 17.8. The van der Waals surface area contributed by atoms with Crippen LogP contribution in [0.1, 0.15) is 23.2 Å². The van der Waals surface area contributed by atoms with E-state index in [0.29, 0.717) is 11.6 Å². The predicted molar refractivity (Wildman–Crippen MR) is 107 cm³/mol. The summed E-state index contributed by atoms with van der Waals surface area (Å²) in [4.78, 5) is 16.9. The highest BCUT2D eigenvalue weighted by atomic mass is 35.5. The number of hydrogen-bond donors (Lipinski definition) is 1. The molecule has 1 aliphatic heterocycles. The Balaban J connectivity index is 0.00000243. The number of benzene rings is 2. The molecule has 0 aliphatic carbocycles. The lowest BCUT2D eigenvalue weighted by Crippen LogP contribution is -2.42. The molecule has 6 heteroatoms. The van der Waals surface area contributed by atoms with Crippen LogP contribution >= 0.6 is 12.4 Å². The maximum atomic E-state index is 13.0. The largest absolute Gasteiger partial charge is 0.371 e. The molecule has 3 rings (SSSR count). The number of rotatable bonds is 4. The average molecular weight is 378 g/mol. The number of carbonyl (C=O) groups is 1. The van der Waals surface area contributed by atoms with Crippen molar-refractivity contribution < 1.29 is 9.18 Å². The summed E-state index contributed by atoms with van der Waals surface area (Å²) < 4.78 is 13.0. The van der Waals surface area contributed by atoms with Gasteiger partial charge in [-0.25, -0.2) is 4.39 Å². The van der Waals surface area contributed by atoms with Crippen molar-refractivity contribution >= 4 is 29.7 Å². The van der Waals surface area contributed by atoms with Crippen molar-refractivity contribution in [2.24, 2.45) is 0 Å². The second-order valence-corrected chi connectivity index (χ2v) is 6.66. The van der Waals surface area contributed by atoms with E-state index in [1.165, 1.54) is 24.3 Å². The molecule has 140 valence electrons. The van der Waals surface area contributed by atoms with Crippen molar-refractivity contribution in [3.8, 4) is 0 Å². The summed E-state index contributed by atoms with van der Waals surface area (Å²) in [5.41, 5.74) is 2.27. The predicted octanol–water partition coefficient (Wildman–Crippen LogP) is 4.03. The van der Waals surface area contributed by atoms with Crippen LogP contribution in [0.5, 0.6) is 0 Å². The smallest absolute Gasteiger partial charge is 0.255 e. The zero-order valence-electron chi connectivity index (χ0n) is 15.1. The molecule has 0 spiro atoms. The number of nitrogens with zero attached hydrogens (tertiary/aromatic N) is 2. The lowest BCUT2D eigenvalue weighted by atomic mass is 10.0. The van der Waals surface area contributed by atoms with Gasteiger partial charge < -0.3 is 15.1 Å². The van der Waals surface area contributed by atoms with Gasteiger partial charge in [0.25, 0.3) is 5.91 Å².